The van der Waals surface area contributed by atoms with E-state index in [4.69, 9.17) is 11.6 Å². The summed E-state index contributed by atoms with van der Waals surface area (Å²) in [5, 5.41) is 0. The summed E-state index contributed by atoms with van der Waals surface area (Å²) in [5.74, 6) is 2.23. The second-order valence-electron chi connectivity index (χ2n) is 4.44. The smallest absolute Gasteiger partial charge is 0.222 e. The SMILES string of the molecule is CC(C)C1CC(=O)N(CCCCCl)C1. The van der Waals surface area contributed by atoms with Crippen LogP contribution in [-0.4, -0.2) is 29.8 Å². The predicted octanol–water partition coefficient (Wildman–Crippen LogP) is 2.51. The van der Waals surface area contributed by atoms with Crippen molar-refractivity contribution in [1.82, 2.24) is 4.90 Å². The molecule has 0 bridgehead atoms. The van der Waals surface area contributed by atoms with Gasteiger partial charge in [0.2, 0.25) is 5.91 Å². The Morgan fingerprint density at radius 1 is 1.50 bits per heavy atom. The Kier molecular flexibility index (Phi) is 4.73. The molecule has 0 aromatic heterocycles. The van der Waals surface area contributed by atoms with Crippen LogP contribution in [0.15, 0.2) is 0 Å². The van der Waals surface area contributed by atoms with Crippen molar-refractivity contribution in [3.8, 4) is 0 Å². The molecule has 0 spiro atoms. The number of hydrogen-bond acceptors (Lipinski definition) is 1. The maximum Gasteiger partial charge on any atom is 0.222 e. The molecule has 0 aromatic carbocycles. The van der Waals surface area contributed by atoms with Crippen LogP contribution < -0.4 is 0 Å². The van der Waals surface area contributed by atoms with Gasteiger partial charge in [0.1, 0.15) is 0 Å². The largest absolute Gasteiger partial charge is 0.342 e. The Morgan fingerprint density at radius 2 is 2.21 bits per heavy atom. The maximum atomic E-state index is 11.6. The van der Waals surface area contributed by atoms with Crippen LogP contribution in [0.5, 0.6) is 0 Å². The molecule has 1 rings (SSSR count). The van der Waals surface area contributed by atoms with Crippen LogP contribution in [0.25, 0.3) is 0 Å². The Labute approximate surface area is 91.6 Å². The highest BCUT2D eigenvalue weighted by Crippen LogP contribution is 2.24. The van der Waals surface area contributed by atoms with Gasteiger partial charge >= 0.3 is 0 Å². The van der Waals surface area contributed by atoms with Crippen molar-refractivity contribution < 1.29 is 4.79 Å². The lowest BCUT2D eigenvalue weighted by Gasteiger charge is -2.17. The van der Waals surface area contributed by atoms with Crippen molar-refractivity contribution in [2.24, 2.45) is 11.8 Å². The second kappa shape index (κ2) is 5.59. The number of alkyl halides is 1. The van der Waals surface area contributed by atoms with Crippen LogP contribution in [0.1, 0.15) is 33.1 Å². The van der Waals surface area contributed by atoms with Gasteiger partial charge in [-0.25, -0.2) is 0 Å². The molecule has 2 nitrogen and oxygen atoms in total. The molecule has 0 N–H and O–H groups in total. The van der Waals surface area contributed by atoms with Gasteiger partial charge in [0.15, 0.2) is 0 Å². The molecule has 1 heterocycles. The zero-order valence-corrected chi connectivity index (χ0v) is 9.89. The summed E-state index contributed by atoms with van der Waals surface area (Å²) in [5.41, 5.74) is 0. The average Bonchev–Trinajstić information content (AvgIpc) is 2.49. The molecule has 3 heteroatoms. The summed E-state index contributed by atoms with van der Waals surface area (Å²) < 4.78 is 0. The summed E-state index contributed by atoms with van der Waals surface area (Å²) in [7, 11) is 0. The van der Waals surface area contributed by atoms with Gasteiger partial charge in [0.25, 0.3) is 0 Å². The van der Waals surface area contributed by atoms with Crippen molar-refractivity contribution in [2.75, 3.05) is 19.0 Å². The van der Waals surface area contributed by atoms with E-state index in [2.05, 4.69) is 13.8 Å². The fourth-order valence-corrected chi connectivity index (χ4v) is 2.05. The minimum atomic E-state index is 0.332. The summed E-state index contributed by atoms with van der Waals surface area (Å²) >= 11 is 5.60. The summed E-state index contributed by atoms with van der Waals surface area (Å²) in [6.45, 7) is 6.24. The van der Waals surface area contributed by atoms with Gasteiger partial charge in [-0.3, -0.25) is 4.79 Å². The predicted molar refractivity (Wildman–Crippen MR) is 59.5 cm³/mol. The van der Waals surface area contributed by atoms with E-state index < -0.39 is 0 Å². The molecule has 1 amide bonds. The van der Waals surface area contributed by atoms with Crippen LogP contribution in [0.2, 0.25) is 0 Å². The number of halogens is 1. The Hall–Kier alpha value is -0.240. The molecule has 0 saturated carbocycles. The molecule has 1 unspecified atom stereocenters. The number of unbranched alkanes of at least 4 members (excludes halogenated alkanes) is 1. The molecule has 1 aliphatic rings. The lowest BCUT2D eigenvalue weighted by molar-refractivity contribution is -0.127. The summed E-state index contributed by atoms with van der Waals surface area (Å²) in [6, 6.07) is 0. The highest BCUT2D eigenvalue weighted by atomic mass is 35.5. The molecular weight excluding hydrogens is 198 g/mol. The molecular formula is C11H20ClNO. The van der Waals surface area contributed by atoms with Gasteiger partial charge in [-0.1, -0.05) is 13.8 Å². The van der Waals surface area contributed by atoms with E-state index in [1.807, 2.05) is 4.90 Å². The van der Waals surface area contributed by atoms with E-state index in [9.17, 15) is 4.79 Å². The highest BCUT2D eigenvalue weighted by molar-refractivity contribution is 6.17. The van der Waals surface area contributed by atoms with Crippen LogP contribution in [0, 0.1) is 11.8 Å². The molecule has 0 aliphatic carbocycles. The van der Waals surface area contributed by atoms with Crippen molar-refractivity contribution in [1.29, 1.82) is 0 Å². The normalized spacial score (nSPS) is 22.4. The molecule has 0 aromatic rings. The first-order valence-corrected chi connectivity index (χ1v) is 6.02. The van der Waals surface area contributed by atoms with Gasteiger partial charge in [-0.2, -0.15) is 0 Å². The Balaban J connectivity index is 2.30. The topological polar surface area (TPSA) is 20.3 Å². The average molecular weight is 218 g/mol. The van der Waals surface area contributed by atoms with Gasteiger partial charge in [-0.05, 0) is 24.7 Å². The molecule has 1 aliphatic heterocycles. The first kappa shape index (κ1) is 11.8. The quantitative estimate of drug-likeness (QED) is 0.512. The van der Waals surface area contributed by atoms with Crippen molar-refractivity contribution >= 4 is 17.5 Å². The van der Waals surface area contributed by atoms with E-state index in [1.165, 1.54) is 0 Å². The van der Waals surface area contributed by atoms with Gasteiger partial charge in [-0.15, -0.1) is 11.6 Å². The number of nitrogens with zero attached hydrogens (tertiary/aromatic N) is 1. The number of rotatable bonds is 5. The maximum absolute atomic E-state index is 11.6. The minimum absolute atomic E-state index is 0.332. The van der Waals surface area contributed by atoms with Gasteiger partial charge < -0.3 is 4.90 Å². The molecule has 1 fully saturated rings. The molecule has 1 saturated heterocycles. The number of carbonyl (C=O) groups is 1. The minimum Gasteiger partial charge on any atom is -0.342 e. The third kappa shape index (κ3) is 3.16. The van der Waals surface area contributed by atoms with Gasteiger partial charge in [0, 0.05) is 25.4 Å². The first-order valence-electron chi connectivity index (χ1n) is 5.49. The van der Waals surface area contributed by atoms with Crippen LogP contribution in [-0.2, 0) is 4.79 Å². The van der Waals surface area contributed by atoms with E-state index >= 15 is 0 Å². The van der Waals surface area contributed by atoms with Crippen molar-refractivity contribution in [3.63, 3.8) is 0 Å². The third-order valence-electron chi connectivity index (χ3n) is 3.00. The van der Waals surface area contributed by atoms with Gasteiger partial charge in [0.05, 0.1) is 0 Å². The highest BCUT2D eigenvalue weighted by Gasteiger charge is 2.30. The number of hydrogen-bond donors (Lipinski definition) is 0. The number of amides is 1. The summed E-state index contributed by atoms with van der Waals surface area (Å²) in [6.07, 6.45) is 2.80. The van der Waals surface area contributed by atoms with Crippen molar-refractivity contribution in [3.05, 3.63) is 0 Å². The van der Waals surface area contributed by atoms with E-state index in [1.54, 1.807) is 0 Å². The lowest BCUT2D eigenvalue weighted by atomic mass is 9.95. The molecule has 14 heavy (non-hydrogen) atoms. The Bertz CT molecular complexity index is 194. The summed E-state index contributed by atoms with van der Waals surface area (Å²) in [4.78, 5) is 13.6. The first-order chi connectivity index (χ1) is 6.65. The van der Waals surface area contributed by atoms with Crippen LogP contribution >= 0.6 is 11.6 Å². The third-order valence-corrected chi connectivity index (χ3v) is 3.27. The van der Waals surface area contributed by atoms with E-state index in [0.717, 1.165) is 32.4 Å². The fourth-order valence-electron chi connectivity index (χ4n) is 1.86. The molecule has 1 atom stereocenters. The number of carbonyl (C=O) groups excluding carboxylic acids is 1. The standard InChI is InChI=1S/C11H20ClNO/c1-9(2)10-7-11(14)13(8-10)6-4-3-5-12/h9-10H,3-8H2,1-2H3. The monoisotopic (exact) mass is 217 g/mol. The fraction of sp³-hybridized carbons (Fsp3) is 0.909. The van der Waals surface area contributed by atoms with E-state index in [-0.39, 0.29) is 0 Å². The zero-order chi connectivity index (χ0) is 10.6. The molecule has 82 valence electrons. The van der Waals surface area contributed by atoms with E-state index in [0.29, 0.717) is 23.6 Å². The molecule has 0 radical (unpaired) electrons. The van der Waals surface area contributed by atoms with Crippen LogP contribution in [0.4, 0.5) is 0 Å². The zero-order valence-electron chi connectivity index (χ0n) is 9.13. The van der Waals surface area contributed by atoms with Crippen molar-refractivity contribution in [2.45, 2.75) is 33.1 Å². The lowest BCUT2D eigenvalue weighted by Crippen LogP contribution is -2.26. The number of likely N-dealkylation sites (tertiary alicyclic amines) is 1. The second-order valence-corrected chi connectivity index (χ2v) is 4.82. The van der Waals surface area contributed by atoms with Crippen LogP contribution in [0.3, 0.4) is 0 Å². The Morgan fingerprint density at radius 3 is 2.71 bits per heavy atom.